The number of hydrogen-bond donors (Lipinski definition) is 1. The van der Waals surface area contributed by atoms with Gasteiger partial charge in [-0.2, -0.15) is 0 Å². The molecule has 3 rings (SSSR count). The highest BCUT2D eigenvalue weighted by Crippen LogP contribution is 2.48. The largest absolute Gasteiger partial charge is 0.325 e. The predicted molar refractivity (Wildman–Crippen MR) is 50.5 cm³/mol. The average Bonchev–Trinajstić information content (AvgIpc) is 2.90. The Morgan fingerprint density at radius 1 is 1.36 bits per heavy atom. The molecule has 3 heteroatoms. The van der Waals surface area contributed by atoms with E-state index in [1.54, 1.807) is 6.07 Å². The molecular weight excluding hydrogens is 181 g/mol. The summed E-state index contributed by atoms with van der Waals surface area (Å²) in [6.07, 6.45) is 2.18. The number of carbonyl (C=O) groups excluding carboxylic acids is 1. The minimum absolute atomic E-state index is 0.0353. The molecule has 1 saturated carbocycles. The van der Waals surface area contributed by atoms with Crippen LogP contribution in [0.1, 0.15) is 24.3 Å². The molecule has 0 radical (unpaired) electrons. The fourth-order valence-corrected chi connectivity index (χ4v) is 2.15. The minimum Gasteiger partial charge on any atom is -0.325 e. The van der Waals surface area contributed by atoms with E-state index in [2.05, 4.69) is 5.32 Å². The van der Waals surface area contributed by atoms with Crippen molar-refractivity contribution in [1.82, 2.24) is 0 Å². The number of benzene rings is 1. The highest BCUT2D eigenvalue weighted by molar-refractivity contribution is 6.03. The Bertz CT molecular complexity index is 412. The Kier molecular flexibility index (Phi) is 1.46. The summed E-state index contributed by atoms with van der Waals surface area (Å²) in [6, 6.07) is 4.51. The maximum absolute atomic E-state index is 13.0. The van der Waals surface area contributed by atoms with Gasteiger partial charge in [0.05, 0.1) is 5.92 Å². The second-order valence-electron chi connectivity index (χ2n) is 4.04. The van der Waals surface area contributed by atoms with Crippen molar-refractivity contribution in [3.05, 3.63) is 29.6 Å². The molecule has 2 aliphatic rings. The van der Waals surface area contributed by atoms with Gasteiger partial charge in [0.1, 0.15) is 5.82 Å². The van der Waals surface area contributed by atoms with Gasteiger partial charge in [0, 0.05) is 5.69 Å². The number of rotatable bonds is 1. The summed E-state index contributed by atoms with van der Waals surface area (Å²) in [5.74, 6) is 0.123. The van der Waals surface area contributed by atoms with E-state index in [1.807, 2.05) is 0 Å². The maximum Gasteiger partial charge on any atom is 0.232 e. The normalized spacial score (nSPS) is 24.6. The third-order valence-corrected chi connectivity index (χ3v) is 2.98. The highest BCUT2D eigenvalue weighted by Gasteiger charge is 2.42. The summed E-state index contributed by atoms with van der Waals surface area (Å²) in [7, 11) is 0. The molecule has 1 aliphatic carbocycles. The van der Waals surface area contributed by atoms with Crippen LogP contribution in [0.3, 0.4) is 0 Å². The zero-order chi connectivity index (χ0) is 9.71. The molecule has 0 saturated heterocycles. The van der Waals surface area contributed by atoms with Crippen molar-refractivity contribution < 1.29 is 9.18 Å². The summed E-state index contributed by atoms with van der Waals surface area (Å²) >= 11 is 0. The van der Waals surface area contributed by atoms with E-state index in [1.165, 1.54) is 12.1 Å². The maximum atomic E-state index is 13.0. The monoisotopic (exact) mass is 191 g/mol. The second-order valence-corrected chi connectivity index (χ2v) is 4.04. The zero-order valence-corrected chi connectivity index (χ0v) is 7.59. The third kappa shape index (κ3) is 1.05. The fraction of sp³-hybridized carbons (Fsp3) is 0.364. The lowest BCUT2D eigenvalue weighted by Gasteiger charge is -2.05. The van der Waals surface area contributed by atoms with Gasteiger partial charge in [-0.05, 0) is 42.5 Å². The Hall–Kier alpha value is -1.38. The van der Waals surface area contributed by atoms with Crippen LogP contribution in [-0.4, -0.2) is 5.91 Å². The first-order chi connectivity index (χ1) is 6.75. The second kappa shape index (κ2) is 2.56. The minimum atomic E-state index is -0.258. The Labute approximate surface area is 81.1 Å². The van der Waals surface area contributed by atoms with Gasteiger partial charge in [-0.1, -0.05) is 0 Å². The summed E-state index contributed by atoms with van der Waals surface area (Å²) in [5, 5.41) is 2.79. The van der Waals surface area contributed by atoms with Crippen LogP contribution < -0.4 is 5.32 Å². The van der Waals surface area contributed by atoms with Gasteiger partial charge in [-0.3, -0.25) is 4.79 Å². The smallest absolute Gasteiger partial charge is 0.232 e. The van der Waals surface area contributed by atoms with Crippen molar-refractivity contribution in [2.75, 3.05) is 5.32 Å². The quantitative estimate of drug-likeness (QED) is 0.724. The predicted octanol–water partition coefficient (Wildman–Crippen LogP) is 2.27. The van der Waals surface area contributed by atoms with Crippen LogP contribution in [-0.2, 0) is 4.79 Å². The van der Waals surface area contributed by atoms with Crippen molar-refractivity contribution >= 4 is 11.6 Å². The Morgan fingerprint density at radius 2 is 2.14 bits per heavy atom. The summed E-state index contributed by atoms with van der Waals surface area (Å²) in [4.78, 5) is 11.6. The third-order valence-electron chi connectivity index (χ3n) is 2.98. The van der Waals surface area contributed by atoms with Crippen molar-refractivity contribution in [2.24, 2.45) is 5.92 Å². The molecule has 0 spiro atoms. The van der Waals surface area contributed by atoms with E-state index >= 15 is 0 Å². The average molecular weight is 191 g/mol. The molecular formula is C11H10FNO. The van der Waals surface area contributed by atoms with Crippen molar-refractivity contribution in [3.63, 3.8) is 0 Å². The molecule has 14 heavy (non-hydrogen) atoms. The van der Waals surface area contributed by atoms with Crippen molar-refractivity contribution in [1.29, 1.82) is 0 Å². The zero-order valence-electron chi connectivity index (χ0n) is 7.59. The van der Waals surface area contributed by atoms with E-state index < -0.39 is 0 Å². The van der Waals surface area contributed by atoms with Crippen LogP contribution in [0.5, 0.6) is 0 Å². The molecule has 1 aliphatic heterocycles. The van der Waals surface area contributed by atoms with Crippen LogP contribution in [0.15, 0.2) is 18.2 Å². The van der Waals surface area contributed by atoms with E-state index in [0.717, 1.165) is 24.1 Å². The highest BCUT2D eigenvalue weighted by atomic mass is 19.1. The molecule has 1 amide bonds. The Balaban J connectivity index is 2.09. The lowest BCUT2D eigenvalue weighted by molar-refractivity contribution is -0.117. The number of halogens is 1. The van der Waals surface area contributed by atoms with E-state index in [-0.39, 0.29) is 17.6 Å². The van der Waals surface area contributed by atoms with E-state index in [0.29, 0.717) is 5.92 Å². The fourth-order valence-electron chi connectivity index (χ4n) is 2.15. The first kappa shape index (κ1) is 7.97. The van der Waals surface area contributed by atoms with Gasteiger partial charge in [0.25, 0.3) is 0 Å². The molecule has 0 bridgehead atoms. The number of nitrogens with one attached hydrogen (secondary N) is 1. The lowest BCUT2D eigenvalue weighted by Crippen LogP contribution is -2.13. The topological polar surface area (TPSA) is 29.1 Å². The summed E-state index contributed by atoms with van der Waals surface area (Å²) in [6.45, 7) is 0. The van der Waals surface area contributed by atoms with Crippen LogP contribution in [0.4, 0.5) is 10.1 Å². The van der Waals surface area contributed by atoms with E-state index in [9.17, 15) is 9.18 Å². The van der Waals surface area contributed by atoms with Gasteiger partial charge in [-0.25, -0.2) is 4.39 Å². The van der Waals surface area contributed by atoms with Crippen LogP contribution in [0.25, 0.3) is 0 Å². The van der Waals surface area contributed by atoms with Crippen LogP contribution in [0, 0.1) is 11.7 Å². The molecule has 72 valence electrons. The molecule has 1 unspecified atom stereocenters. The summed E-state index contributed by atoms with van der Waals surface area (Å²) in [5.41, 5.74) is 1.63. The molecule has 1 atom stereocenters. The van der Waals surface area contributed by atoms with Gasteiger partial charge in [0.15, 0.2) is 0 Å². The number of fused-ring (bicyclic) bond motifs is 1. The van der Waals surface area contributed by atoms with Gasteiger partial charge in [-0.15, -0.1) is 0 Å². The van der Waals surface area contributed by atoms with Gasteiger partial charge >= 0.3 is 0 Å². The van der Waals surface area contributed by atoms with Crippen LogP contribution in [0.2, 0.25) is 0 Å². The molecule has 2 nitrogen and oxygen atoms in total. The first-order valence-electron chi connectivity index (χ1n) is 4.86. The number of carbonyl (C=O) groups is 1. The number of anilines is 1. The SMILES string of the molecule is O=C1Nc2ccc(F)cc2C1C1CC1. The van der Waals surface area contributed by atoms with E-state index in [4.69, 9.17) is 0 Å². The van der Waals surface area contributed by atoms with Gasteiger partial charge in [0.2, 0.25) is 5.91 Å². The van der Waals surface area contributed by atoms with Crippen LogP contribution >= 0.6 is 0 Å². The first-order valence-corrected chi connectivity index (χ1v) is 4.86. The molecule has 1 aromatic carbocycles. The lowest BCUT2D eigenvalue weighted by atomic mass is 9.96. The Morgan fingerprint density at radius 3 is 2.86 bits per heavy atom. The van der Waals surface area contributed by atoms with Gasteiger partial charge < -0.3 is 5.32 Å². The molecule has 1 N–H and O–H groups in total. The standard InChI is InChI=1S/C11H10FNO/c12-7-3-4-9-8(5-7)10(6-1-2-6)11(14)13-9/h3-6,10H,1-2H2,(H,13,14). The molecule has 1 heterocycles. The van der Waals surface area contributed by atoms with Crippen molar-refractivity contribution in [2.45, 2.75) is 18.8 Å². The van der Waals surface area contributed by atoms with Crippen molar-refractivity contribution in [3.8, 4) is 0 Å². The molecule has 0 aromatic heterocycles. The summed E-state index contributed by atoms with van der Waals surface area (Å²) < 4.78 is 13.0. The number of hydrogen-bond acceptors (Lipinski definition) is 1. The number of amides is 1. The molecule has 1 aromatic rings. The molecule has 1 fully saturated rings.